The summed E-state index contributed by atoms with van der Waals surface area (Å²) in [7, 11) is 0. The van der Waals surface area contributed by atoms with Crippen LogP contribution in [0.3, 0.4) is 0 Å². The van der Waals surface area contributed by atoms with E-state index in [0.717, 1.165) is 12.8 Å². The molecule has 1 fully saturated rings. The second kappa shape index (κ2) is 6.51. The Bertz CT molecular complexity index is 466. The largest absolute Gasteiger partial charge is 0.411 e. The quantitative estimate of drug-likeness (QED) is 0.452. The molecule has 7 heteroatoms. The van der Waals surface area contributed by atoms with Crippen LogP contribution in [0, 0.1) is 0 Å². The van der Waals surface area contributed by atoms with Gasteiger partial charge in [0.05, 0.1) is 0 Å². The second-order valence-electron chi connectivity index (χ2n) is 4.66. The molecule has 0 unspecified atom stereocenters. The number of hydrogen-bond acceptors (Lipinski definition) is 5. The lowest BCUT2D eigenvalue weighted by Gasteiger charge is -2.22. The Morgan fingerprint density at radius 3 is 2.89 bits per heavy atom. The van der Waals surface area contributed by atoms with Crippen LogP contribution in [-0.2, 0) is 0 Å². The van der Waals surface area contributed by atoms with Crippen molar-refractivity contribution in [2.24, 2.45) is 5.16 Å². The molecule has 0 aromatic carbocycles. The van der Waals surface area contributed by atoms with E-state index in [1.54, 1.807) is 12.3 Å². The lowest BCUT2D eigenvalue weighted by Crippen LogP contribution is -2.39. The minimum absolute atomic E-state index is 0.216. The smallest absolute Gasteiger partial charge is 0.321 e. The molecule has 1 aromatic rings. The molecule has 0 radical (unpaired) electrons. The highest BCUT2D eigenvalue weighted by Gasteiger charge is 2.16. The zero-order valence-electron chi connectivity index (χ0n) is 10.8. The normalized spacial score (nSPS) is 17.2. The number of urea groups is 1. The summed E-state index contributed by atoms with van der Waals surface area (Å²) in [5.74, 6) is 0. The number of hydrogen-bond donors (Lipinski definition) is 3. The molecule has 1 heterocycles. The molecule has 2 amide bonds. The number of thiazole rings is 1. The fraction of sp³-hybridized carbons (Fsp3) is 0.583. The zero-order chi connectivity index (χ0) is 13.7. The Labute approximate surface area is 115 Å². The van der Waals surface area contributed by atoms with Gasteiger partial charge in [0.2, 0.25) is 0 Å². The van der Waals surface area contributed by atoms with Gasteiger partial charge in [0.25, 0.3) is 0 Å². The average Bonchev–Trinajstić information content (AvgIpc) is 2.87. The Morgan fingerprint density at radius 2 is 2.21 bits per heavy atom. The topological polar surface area (TPSA) is 86.6 Å². The highest BCUT2D eigenvalue weighted by atomic mass is 32.1. The van der Waals surface area contributed by atoms with E-state index >= 15 is 0 Å². The number of carbonyl (C=O) groups excluding carboxylic acids is 1. The molecule has 19 heavy (non-hydrogen) atoms. The van der Waals surface area contributed by atoms with Crippen molar-refractivity contribution in [3.63, 3.8) is 0 Å². The molecule has 0 spiro atoms. The standard InChI is InChI=1S/C12H18N4O2S/c1-8(16-18)10-7-19-12(14-10)15-11(17)13-9-5-3-2-4-6-9/h7,9,18H,2-6H2,1H3,(H2,13,14,15,17). The van der Waals surface area contributed by atoms with Crippen molar-refractivity contribution in [2.45, 2.75) is 45.1 Å². The lowest BCUT2D eigenvalue weighted by molar-refractivity contribution is 0.244. The fourth-order valence-corrected chi connectivity index (χ4v) is 2.86. The summed E-state index contributed by atoms with van der Waals surface area (Å²) in [4.78, 5) is 16.0. The van der Waals surface area contributed by atoms with E-state index in [2.05, 4.69) is 20.8 Å². The van der Waals surface area contributed by atoms with E-state index in [1.807, 2.05) is 0 Å². The van der Waals surface area contributed by atoms with Crippen molar-refractivity contribution in [1.82, 2.24) is 10.3 Å². The number of nitrogens with zero attached hydrogens (tertiary/aromatic N) is 2. The zero-order valence-corrected chi connectivity index (χ0v) is 11.7. The molecule has 6 nitrogen and oxygen atoms in total. The van der Waals surface area contributed by atoms with E-state index in [4.69, 9.17) is 5.21 Å². The highest BCUT2D eigenvalue weighted by molar-refractivity contribution is 7.14. The van der Waals surface area contributed by atoms with Crippen LogP contribution < -0.4 is 10.6 Å². The first-order chi connectivity index (χ1) is 9.19. The average molecular weight is 282 g/mol. The van der Waals surface area contributed by atoms with E-state index < -0.39 is 0 Å². The molecule has 0 aliphatic heterocycles. The minimum atomic E-state index is -0.216. The van der Waals surface area contributed by atoms with Crippen molar-refractivity contribution in [1.29, 1.82) is 0 Å². The summed E-state index contributed by atoms with van der Waals surface area (Å²) in [6, 6.07) is 0.0558. The first-order valence-electron chi connectivity index (χ1n) is 6.41. The van der Waals surface area contributed by atoms with Gasteiger partial charge in [-0.3, -0.25) is 5.32 Å². The van der Waals surface area contributed by atoms with Crippen LogP contribution in [0.15, 0.2) is 10.5 Å². The van der Waals surface area contributed by atoms with Crippen LogP contribution >= 0.6 is 11.3 Å². The Hall–Kier alpha value is -1.63. The van der Waals surface area contributed by atoms with Crippen LogP contribution in [0.4, 0.5) is 9.93 Å². The van der Waals surface area contributed by atoms with Crippen LogP contribution in [0.5, 0.6) is 0 Å². The molecule has 0 saturated heterocycles. The van der Waals surface area contributed by atoms with E-state index in [-0.39, 0.29) is 12.1 Å². The van der Waals surface area contributed by atoms with Crippen LogP contribution in [0.25, 0.3) is 0 Å². The third-order valence-electron chi connectivity index (χ3n) is 3.19. The monoisotopic (exact) mass is 282 g/mol. The number of nitrogens with one attached hydrogen (secondary N) is 2. The Kier molecular flexibility index (Phi) is 4.73. The third kappa shape index (κ3) is 3.92. The molecule has 2 rings (SSSR count). The van der Waals surface area contributed by atoms with Gasteiger partial charge in [-0.05, 0) is 19.8 Å². The van der Waals surface area contributed by atoms with Gasteiger partial charge in [-0.15, -0.1) is 11.3 Å². The van der Waals surface area contributed by atoms with Crippen molar-refractivity contribution in [3.8, 4) is 0 Å². The molecule has 1 saturated carbocycles. The lowest BCUT2D eigenvalue weighted by atomic mass is 9.96. The number of anilines is 1. The van der Waals surface area contributed by atoms with Gasteiger partial charge in [-0.2, -0.15) is 0 Å². The van der Waals surface area contributed by atoms with Crippen molar-refractivity contribution < 1.29 is 10.0 Å². The summed E-state index contributed by atoms with van der Waals surface area (Å²) in [6.07, 6.45) is 5.71. The molecule has 1 aliphatic carbocycles. The fourth-order valence-electron chi connectivity index (χ4n) is 2.11. The molecule has 1 aliphatic rings. The summed E-state index contributed by atoms with van der Waals surface area (Å²) in [5, 5.41) is 19.6. The SMILES string of the molecule is CC(=NO)c1csc(NC(=O)NC2CCCCC2)n1. The van der Waals surface area contributed by atoms with Crippen molar-refractivity contribution in [3.05, 3.63) is 11.1 Å². The number of oxime groups is 1. The van der Waals surface area contributed by atoms with Gasteiger partial charge in [0.1, 0.15) is 11.4 Å². The number of rotatable bonds is 3. The summed E-state index contributed by atoms with van der Waals surface area (Å²) < 4.78 is 0. The van der Waals surface area contributed by atoms with Crippen LogP contribution in [-0.4, -0.2) is 28.0 Å². The van der Waals surface area contributed by atoms with E-state index in [9.17, 15) is 4.79 Å². The van der Waals surface area contributed by atoms with E-state index in [0.29, 0.717) is 16.5 Å². The summed E-state index contributed by atoms with van der Waals surface area (Å²) in [6.45, 7) is 1.65. The van der Waals surface area contributed by atoms with Gasteiger partial charge in [0, 0.05) is 11.4 Å². The number of aromatic nitrogens is 1. The maximum absolute atomic E-state index is 11.8. The van der Waals surface area contributed by atoms with Gasteiger partial charge >= 0.3 is 6.03 Å². The Balaban J connectivity index is 1.86. The molecular weight excluding hydrogens is 264 g/mol. The predicted octanol–water partition coefficient (Wildman–Crippen LogP) is 2.80. The Morgan fingerprint density at radius 1 is 1.47 bits per heavy atom. The highest BCUT2D eigenvalue weighted by Crippen LogP contribution is 2.18. The second-order valence-corrected chi connectivity index (χ2v) is 5.51. The predicted molar refractivity (Wildman–Crippen MR) is 75.1 cm³/mol. The van der Waals surface area contributed by atoms with Gasteiger partial charge in [0.15, 0.2) is 5.13 Å². The van der Waals surface area contributed by atoms with Gasteiger partial charge < -0.3 is 10.5 Å². The van der Waals surface area contributed by atoms with E-state index in [1.165, 1.54) is 30.6 Å². The van der Waals surface area contributed by atoms with Crippen molar-refractivity contribution in [2.75, 3.05) is 5.32 Å². The molecule has 104 valence electrons. The van der Waals surface area contributed by atoms with Crippen molar-refractivity contribution >= 4 is 28.2 Å². The maximum Gasteiger partial charge on any atom is 0.321 e. The molecule has 1 aromatic heterocycles. The van der Waals surface area contributed by atoms with Crippen LogP contribution in [0.1, 0.15) is 44.7 Å². The first kappa shape index (κ1) is 13.8. The molecular formula is C12H18N4O2S. The molecule has 3 N–H and O–H groups in total. The number of amides is 2. The maximum atomic E-state index is 11.8. The van der Waals surface area contributed by atoms with Gasteiger partial charge in [-0.25, -0.2) is 9.78 Å². The first-order valence-corrected chi connectivity index (χ1v) is 7.29. The number of carbonyl (C=O) groups is 1. The van der Waals surface area contributed by atoms with Gasteiger partial charge in [-0.1, -0.05) is 24.4 Å². The minimum Gasteiger partial charge on any atom is -0.411 e. The molecule has 0 bridgehead atoms. The third-order valence-corrected chi connectivity index (χ3v) is 3.94. The molecule has 0 atom stereocenters. The summed E-state index contributed by atoms with van der Waals surface area (Å²) >= 11 is 1.31. The van der Waals surface area contributed by atoms with Crippen LogP contribution in [0.2, 0.25) is 0 Å². The summed E-state index contributed by atoms with van der Waals surface area (Å²) in [5.41, 5.74) is 0.998.